The van der Waals surface area contributed by atoms with Gasteiger partial charge in [-0.15, -0.1) is 0 Å². The van der Waals surface area contributed by atoms with Gasteiger partial charge >= 0.3 is 0 Å². The summed E-state index contributed by atoms with van der Waals surface area (Å²) >= 11 is 3.58. The second kappa shape index (κ2) is 4.99. The Hall–Kier alpha value is -0.540. The molecule has 4 rings (SSSR count). The SMILES string of the molecule is COc1ccc(Br)cc1CC1(N)CC2CC1C1CCCC21. The van der Waals surface area contributed by atoms with Gasteiger partial charge in [0.2, 0.25) is 0 Å². The lowest BCUT2D eigenvalue weighted by Gasteiger charge is -2.40. The fourth-order valence-electron chi connectivity index (χ4n) is 5.76. The third-order valence-corrected chi connectivity index (χ3v) is 6.94. The lowest BCUT2D eigenvalue weighted by atomic mass is 9.69. The van der Waals surface area contributed by atoms with Crippen molar-refractivity contribution in [3.8, 4) is 5.75 Å². The molecule has 5 atom stereocenters. The summed E-state index contributed by atoms with van der Waals surface area (Å²) < 4.78 is 6.66. The molecule has 3 heteroatoms. The molecule has 0 heterocycles. The van der Waals surface area contributed by atoms with Gasteiger partial charge in [-0.05, 0) is 79.5 Å². The highest BCUT2D eigenvalue weighted by Crippen LogP contribution is 2.62. The Balaban J connectivity index is 1.61. The van der Waals surface area contributed by atoms with Crippen LogP contribution in [0.25, 0.3) is 0 Å². The van der Waals surface area contributed by atoms with Gasteiger partial charge in [-0.1, -0.05) is 22.4 Å². The van der Waals surface area contributed by atoms with E-state index in [2.05, 4.69) is 22.0 Å². The van der Waals surface area contributed by atoms with E-state index in [0.717, 1.165) is 40.3 Å². The number of hydrogen-bond acceptors (Lipinski definition) is 2. The molecule has 5 unspecified atom stereocenters. The van der Waals surface area contributed by atoms with Crippen molar-refractivity contribution in [2.45, 2.75) is 44.1 Å². The zero-order valence-electron chi connectivity index (χ0n) is 12.6. The second-order valence-electron chi connectivity index (χ2n) is 7.43. The van der Waals surface area contributed by atoms with Crippen LogP contribution in [-0.2, 0) is 6.42 Å². The van der Waals surface area contributed by atoms with E-state index in [4.69, 9.17) is 10.5 Å². The van der Waals surface area contributed by atoms with Crippen molar-refractivity contribution in [1.82, 2.24) is 0 Å². The molecule has 0 spiro atoms. The third kappa shape index (κ3) is 2.16. The molecule has 2 nitrogen and oxygen atoms in total. The van der Waals surface area contributed by atoms with Crippen LogP contribution in [-0.4, -0.2) is 12.6 Å². The van der Waals surface area contributed by atoms with E-state index in [0.29, 0.717) is 0 Å². The van der Waals surface area contributed by atoms with Crippen molar-refractivity contribution in [3.63, 3.8) is 0 Å². The van der Waals surface area contributed by atoms with Crippen LogP contribution in [0.2, 0.25) is 0 Å². The highest BCUT2D eigenvalue weighted by atomic mass is 79.9. The van der Waals surface area contributed by atoms with Gasteiger partial charge in [0.15, 0.2) is 0 Å². The summed E-state index contributed by atoms with van der Waals surface area (Å²) in [6, 6.07) is 6.28. The average Bonchev–Trinajstić information content (AvgIpc) is 3.09. The topological polar surface area (TPSA) is 35.2 Å². The van der Waals surface area contributed by atoms with Crippen LogP contribution in [0, 0.1) is 23.7 Å². The number of methoxy groups -OCH3 is 1. The smallest absolute Gasteiger partial charge is 0.122 e. The number of fused-ring (bicyclic) bond motifs is 5. The van der Waals surface area contributed by atoms with Crippen LogP contribution in [0.3, 0.4) is 0 Å². The van der Waals surface area contributed by atoms with Gasteiger partial charge in [-0.2, -0.15) is 0 Å². The van der Waals surface area contributed by atoms with E-state index in [-0.39, 0.29) is 5.54 Å². The molecule has 1 aromatic carbocycles. The van der Waals surface area contributed by atoms with Crippen molar-refractivity contribution >= 4 is 15.9 Å². The third-order valence-electron chi connectivity index (χ3n) is 6.45. The van der Waals surface area contributed by atoms with E-state index in [1.807, 2.05) is 12.1 Å². The van der Waals surface area contributed by atoms with Gasteiger partial charge in [-0.3, -0.25) is 0 Å². The van der Waals surface area contributed by atoms with Crippen LogP contribution < -0.4 is 10.5 Å². The molecule has 0 saturated heterocycles. The predicted octanol–water partition coefficient (Wildman–Crippen LogP) is 4.15. The van der Waals surface area contributed by atoms with Gasteiger partial charge in [0, 0.05) is 10.0 Å². The van der Waals surface area contributed by atoms with E-state index >= 15 is 0 Å². The number of ether oxygens (including phenoxy) is 1. The number of hydrogen-bond donors (Lipinski definition) is 1. The molecule has 3 aliphatic rings. The lowest BCUT2D eigenvalue weighted by Crippen LogP contribution is -2.51. The standard InChI is InChI=1S/C18H24BrNO/c1-21-17-6-5-13(19)7-12(17)10-18(20)9-11-8-16(18)15-4-2-3-14(11)15/h5-7,11,14-16H,2-4,8-10,20H2,1H3. The number of rotatable bonds is 3. The summed E-state index contributed by atoms with van der Waals surface area (Å²) in [7, 11) is 1.75. The minimum atomic E-state index is -0.00968. The summed E-state index contributed by atoms with van der Waals surface area (Å²) in [5.41, 5.74) is 8.19. The quantitative estimate of drug-likeness (QED) is 0.889. The first-order valence-electron chi connectivity index (χ1n) is 8.22. The molecule has 2 bridgehead atoms. The molecule has 3 aliphatic carbocycles. The van der Waals surface area contributed by atoms with Crippen molar-refractivity contribution in [2.75, 3.05) is 7.11 Å². The summed E-state index contributed by atoms with van der Waals surface area (Å²) in [4.78, 5) is 0. The zero-order chi connectivity index (χ0) is 14.6. The van der Waals surface area contributed by atoms with Gasteiger partial charge in [0.05, 0.1) is 7.11 Å². The molecule has 21 heavy (non-hydrogen) atoms. The van der Waals surface area contributed by atoms with Gasteiger partial charge in [0.25, 0.3) is 0 Å². The largest absolute Gasteiger partial charge is 0.496 e. The second-order valence-corrected chi connectivity index (χ2v) is 8.35. The van der Waals surface area contributed by atoms with Crippen LogP contribution in [0.4, 0.5) is 0 Å². The summed E-state index contributed by atoms with van der Waals surface area (Å²) in [6.07, 6.45) is 7.86. The van der Waals surface area contributed by atoms with E-state index in [9.17, 15) is 0 Å². The first kappa shape index (κ1) is 14.1. The Morgan fingerprint density at radius 1 is 1.33 bits per heavy atom. The Morgan fingerprint density at radius 3 is 2.95 bits per heavy atom. The zero-order valence-corrected chi connectivity index (χ0v) is 14.2. The summed E-state index contributed by atoms with van der Waals surface area (Å²) in [6.45, 7) is 0. The maximum atomic E-state index is 6.94. The molecule has 3 saturated carbocycles. The highest BCUT2D eigenvalue weighted by molar-refractivity contribution is 9.10. The molecule has 0 aromatic heterocycles. The minimum Gasteiger partial charge on any atom is -0.496 e. The number of nitrogens with two attached hydrogens (primary N) is 1. The Bertz CT molecular complexity index is 560. The molecule has 114 valence electrons. The molecule has 3 fully saturated rings. The monoisotopic (exact) mass is 349 g/mol. The molecule has 1 aromatic rings. The molecular formula is C18H24BrNO. The summed E-state index contributed by atoms with van der Waals surface area (Å²) in [5.74, 6) is 4.51. The van der Waals surface area contributed by atoms with Gasteiger partial charge < -0.3 is 10.5 Å². The van der Waals surface area contributed by atoms with E-state index in [1.165, 1.54) is 37.7 Å². The summed E-state index contributed by atoms with van der Waals surface area (Å²) in [5, 5.41) is 0. The average molecular weight is 350 g/mol. The Labute approximate surface area is 135 Å². The Morgan fingerprint density at radius 2 is 2.14 bits per heavy atom. The molecule has 2 N–H and O–H groups in total. The maximum Gasteiger partial charge on any atom is 0.122 e. The lowest BCUT2D eigenvalue weighted by molar-refractivity contribution is 0.155. The Kier molecular flexibility index (Phi) is 3.34. The fourth-order valence-corrected chi connectivity index (χ4v) is 6.16. The highest BCUT2D eigenvalue weighted by Gasteiger charge is 2.59. The van der Waals surface area contributed by atoms with Crippen molar-refractivity contribution in [3.05, 3.63) is 28.2 Å². The number of halogens is 1. The molecule has 0 radical (unpaired) electrons. The first-order chi connectivity index (χ1) is 10.1. The van der Waals surface area contributed by atoms with Gasteiger partial charge in [-0.25, -0.2) is 0 Å². The van der Waals surface area contributed by atoms with Crippen molar-refractivity contribution < 1.29 is 4.74 Å². The molecule has 0 aliphatic heterocycles. The number of benzene rings is 1. The van der Waals surface area contributed by atoms with Crippen LogP contribution in [0.5, 0.6) is 5.75 Å². The van der Waals surface area contributed by atoms with Crippen molar-refractivity contribution in [2.24, 2.45) is 29.4 Å². The van der Waals surface area contributed by atoms with Gasteiger partial charge in [0.1, 0.15) is 5.75 Å². The fraction of sp³-hybridized carbons (Fsp3) is 0.667. The minimum absolute atomic E-state index is 0.00968. The molecule has 0 amide bonds. The molecular weight excluding hydrogens is 326 g/mol. The normalized spacial score (nSPS) is 40.5. The first-order valence-corrected chi connectivity index (χ1v) is 9.01. The van der Waals surface area contributed by atoms with Crippen molar-refractivity contribution in [1.29, 1.82) is 0 Å². The predicted molar refractivity (Wildman–Crippen MR) is 88.4 cm³/mol. The van der Waals surface area contributed by atoms with Crippen LogP contribution in [0.1, 0.15) is 37.7 Å². The maximum absolute atomic E-state index is 6.94. The van der Waals surface area contributed by atoms with E-state index in [1.54, 1.807) is 7.11 Å². The van der Waals surface area contributed by atoms with Crippen LogP contribution >= 0.6 is 15.9 Å². The van der Waals surface area contributed by atoms with Crippen LogP contribution in [0.15, 0.2) is 22.7 Å². The van der Waals surface area contributed by atoms with E-state index < -0.39 is 0 Å².